The minimum absolute atomic E-state index is 0.168. The molecule has 0 aromatic heterocycles. The van der Waals surface area contributed by atoms with E-state index in [1.807, 2.05) is 6.92 Å². The van der Waals surface area contributed by atoms with Gasteiger partial charge in [-0.05, 0) is 30.6 Å². The Morgan fingerprint density at radius 1 is 1.47 bits per heavy atom. The van der Waals surface area contributed by atoms with Crippen LogP contribution in [0.5, 0.6) is 0 Å². The zero-order valence-electron chi connectivity index (χ0n) is 8.77. The van der Waals surface area contributed by atoms with E-state index in [2.05, 4.69) is 0 Å². The normalized spacial score (nSPS) is 45.2. The second-order valence-electron chi connectivity index (χ2n) is 4.99. The number of hydrogen-bond donors (Lipinski definition) is 2. The summed E-state index contributed by atoms with van der Waals surface area (Å²) in [6.45, 7) is 1.91. The number of carbonyl (C=O) groups is 2. The Hall–Kier alpha value is -0.900. The van der Waals surface area contributed by atoms with Gasteiger partial charge in [-0.25, -0.2) is 0 Å². The van der Waals surface area contributed by atoms with E-state index in [9.17, 15) is 14.7 Å². The molecule has 0 aromatic carbocycles. The van der Waals surface area contributed by atoms with Crippen LogP contribution in [0.3, 0.4) is 0 Å². The highest BCUT2D eigenvalue weighted by atomic mass is 16.4. The van der Waals surface area contributed by atoms with Crippen molar-refractivity contribution < 1.29 is 19.8 Å². The number of rotatable bonds is 1. The lowest BCUT2D eigenvalue weighted by Crippen LogP contribution is -2.46. The van der Waals surface area contributed by atoms with E-state index >= 15 is 0 Å². The quantitative estimate of drug-likeness (QED) is 0.631. The number of carbonyl (C=O) groups excluding carboxylic acids is 1. The summed E-state index contributed by atoms with van der Waals surface area (Å²) in [5.41, 5.74) is -0.364. The van der Waals surface area contributed by atoms with Gasteiger partial charge in [-0.15, -0.1) is 0 Å². The van der Waals surface area contributed by atoms with Gasteiger partial charge in [-0.3, -0.25) is 9.59 Å². The molecule has 2 unspecified atom stereocenters. The fourth-order valence-corrected chi connectivity index (χ4v) is 3.23. The molecule has 2 aliphatic carbocycles. The monoisotopic (exact) mass is 212 g/mol. The van der Waals surface area contributed by atoms with Crippen molar-refractivity contribution in [3.8, 4) is 0 Å². The molecule has 0 amide bonds. The number of hydrogen-bond acceptors (Lipinski definition) is 3. The first-order chi connectivity index (χ1) is 6.97. The molecule has 0 aromatic rings. The first-order valence-corrected chi connectivity index (χ1v) is 5.40. The molecule has 0 heterocycles. The number of aliphatic carboxylic acids is 1. The highest BCUT2D eigenvalue weighted by Gasteiger charge is 2.55. The van der Waals surface area contributed by atoms with Gasteiger partial charge in [0.25, 0.3) is 0 Å². The summed E-state index contributed by atoms with van der Waals surface area (Å²) in [5, 5.41) is 18.9. The number of aliphatic hydroxyl groups excluding tert-OH is 1. The predicted molar refractivity (Wildman–Crippen MR) is 52.2 cm³/mol. The number of ketones is 1. The van der Waals surface area contributed by atoms with Crippen LogP contribution in [-0.2, 0) is 9.59 Å². The Labute approximate surface area is 88.3 Å². The molecule has 0 spiro atoms. The van der Waals surface area contributed by atoms with Gasteiger partial charge < -0.3 is 10.2 Å². The van der Waals surface area contributed by atoms with Gasteiger partial charge in [-0.2, -0.15) is 0 Å². The largest absolute Gasteiger partial charge is 0.481 e. The van der Waals surface area contributed by atoms with E-state index in [1.54, 1.807) is 0 Å². The zero-order valence-corrected chi connectivity index (χ0v) is 8.77. The van der Waals surface area contributed by atoms with Crippen molar-refractivity contribution in [2.45, 2.75) is 38.7 Å². The van der Waals surface area contributed by atoms with Crippen LogP contribution in [0.15, 0.2) is 0 Å². The second-order valence-corrected chi connectivity index (χ2v) is 4.99. The van der Waals surface area contributed by atoms with Crippen molar-refractivity contribution in [1.29, 1.82) is 0 Å². The Morgan fingerprint density at radius 2 is 2.13 bits per heavy atom. The molecule has 84 valence electrons. The highest BCUT2D eigenvalue weighted by molar-refractivity contribution is 5.99. The molecule has 0 bridgehead atoms. The van der Waals surface area contributed by atoms with Crippen molar-refractivity contribution in [3.63, 3.8) is 0 Å². The Morgan fingerprint density at radius 3 is 2.73 bits per heavy atom. The maximum Gasteiger partial charge on any atom is 0.314 e. The lowest BCUT2D eigenvalue weighted by molar-refractivity contribution is -0.155. The molecule has 2 fully saturated rings. The molecule has 0 aliphatic heterocycles. The van der Waals surface area contributed by atoms with Crippen molar-refractivity contribution in [1.82, 2.24) is 0 Å². The van der Waals surface area contributed by atoms with Crippen LogP contribution in [0, 0.1) is 17.3 Å². The molecule has 0 saturated heterocycles. The molecule has 4 atom stereocenters. The van der Waals surface area contributed by atoms with Gasteiger partial charge in [0.15, 0.2) is 0 Å². The number of Topliss-reactive ketones (excluding diaryl/α,β-unsaturated/α-hetero) is 1. The fraction of sp³-hybridized carbons (Fsp3) is 0.818. The summed E-state index contributed by atoms with van der Waals surface area (Å²) in [7, 11) is 0. The van der Waals surface area contributed by atoms with Crippen LogP contribution >= 0.6 is 0 Å². The number of carboxylic acids is 1. The van der Waals surface area contributed by atoms with Gasteiger partial charge in [0.05, 0.1) is 6.10 Å². The second kappa shape index (κ2) is 3.30. The summed E-state index contributed by atoms with van der Waals surface area (Å²) in [4.78, 5) is 22.6. The molecule has 4 nitrogen and oxygen atoms in total. The Balaban J connectivity index is 2.33. The Bertz CT molecular complexity index is 312. The van der Waals surface area contributed by atoms with E-state index in [0.717, 1.165) is 0 Å². The summed E-state index contributed by atoms with van der Waals surface area (Å²) in [6, 6.07) is 0. The summed E-state index contributed by atoms with van der Waals surface area (Å²) in [5.74, 6) is -2.25. The first-order valence-electron chi connectivity index (χ1n) is 5.40. The molecule has 2 rings (SSSR count). The average Bonchev–Trinajstić information content (AvgIpc) is 2.44. The maximum atomic E-state index is 11.6. The SMILES string of the molecule is C[C@]12CCC(=O)C(C(=O)O)C1CC[C@@H]2O. The van der Waals surface area contributed by atoms with Crippen molar-refractivity contribution in [2.75, 3.05) is 0 Å². The molecule has 2 N–H and O–H groups in total. The van der Waals surface area contributed by atoms with Crippen molar-refractivity contribution in [3.05, 3.63) is 0 Å². The Kier molecular flexibility index (Phi) is 2.34. The predicted octanol–water partition coefficient (Wildman–Crippen LogP) is 0.827. The first kappa shape index (κ1) is 10.6. The third-order valence-corrected chi connectivity index (χ3v) is 4.28. The molecule has 2 aliphatic rings. The molecular formula is C11H16O4. The number of carboxylic acid groups (broad SMARTS) is 1. The summed E-state index contributed by atoms with van der Waals surface area (Å²) < 4.78 is 0. The third-order valence-electron chi connectivity index (χ3n) is 4.28. The minimum Gasteiger partial charge on any atom is -0.481 e. The van der Waals surface area contributed by atoms with Gasteiger partial charge in [-0.1, -0.05) is 6.92 Å². The average molecular weight is 212 g/mol. The van der Waals surface area contributed by atoms with Gasteiger partial charge in [0.1, 0.15) is 11.7 Å². The van der Waals surface area contributed by atoms with E-state index in [-0.39, 0.29) is 17.1 Å². The number of aliphatic hydroxyl groups is 1. The topological polar surface area (TPSA) is 74.6 Å². The van der Waals surface area contributed by atoms with Crippen molar-refractivity contribution >= 4 is 11.8 Å². The van der Waals surface area contributed by atoms with Crippen LogP contribution in [0.25, 0.3) is 0 Å². The molecule has 2 saturated carbocycles. The van der Waals surface area contributed by atoms with Gasteiger partial charge in [0, 0.05) is 6.42 Å². The van der Waals surface area contributed by atoms with Crippen LogP contribution < -0.4 is 0 Å². The van der Waals surface area contributed by atoms with E-state index in [1.165, 1.54) is 0 Å². The molecule has 0 radical (unpaired) electrons. The van der Waals surface area contributed by atoms with E-state index < -0.39 is 18.0 Å². The van der Waals surface area contributed by atoms with Crippen molar-refractivity contribution in [2.24, 2.45) is 17.3 Å². The third kappa shape index (κ3) is 1.39. The molecule has 4 heteroatoms. The van der Waals surface area contributed by atoms with Crippen LogP contribution in [0.2, 0.25) is 0 Å². The molecule has 15 heavy (non-hydrogen) atoms. The lowest BCUT2D eigenvalue weighted by Gasteiger charge is -2.40. The lowest BCUT2D eigenvalue weighted by atomic mass is 9.63. The van der Waals surface area contributed by atoms with Gasteiger partial charge in [0.2, 0.25) is 0 Å². The van der Waals surface area contributed by atoms with Crippen LogP contribution in [0.1, 0.15) is 32.6 Å². The van der Waals surface area contributed by atoms with Crippen LogP contribution in [-0.4, -0.2) is 28.1 Å². The maximum absolute atomic E-state index is 11.6. The number of fused-ring (bicyclic) bond motifs is 1. The summed E-state index contributed by atoms with van der Waals surface area (Å²) >= 11 is 0. The minimum atomic E-state index is -1.02. The molecular weight excluding hydrogens is 196 g/mol. The van der Waals surface area contributed by atoms with Crippen LogP contribution in [0.4, 0.5) is 0 Å². The van der Waals surface area contributed by atoms with Gasteiger partial charge >= 0.3 is 5.97 Å². The summed E-state index contributed by atoms with van der Waals surface area (Å²) in [6.07, 6.45) is 1.75. The fourth-order valence-electron chi connectivity index (χ4n) is 3.23. The smallest absolute Gasteiger partial charge is 0.314 e. The van der Waals surface area contributed by atoms with E-state index in [4.69, 9.17) is 5.11 Å². The zero-order chi connectivity index (χ0) is 11.2. The highest BCUT2D eigenvalue weighted by Crippen LogP contribution is 2.53. The van der Waals surface area contributed by atoms with E-state index in [0.29, 0.717) is 25.7 Å². The standard InChI is InChI=1S/C11H16O4/c1-11-5-4-7(12)9(10(14)15)6(11)2-3-8(11)13/h6,8-9,13H,2-5H2,1H3,(H,14,15)/t6?,8-,9?,11-/m0/s1.